The molecular weight excluding hydrogens is 239 g/mol. The van der Waals surface area contributed by atoms with E-state index < -0.39 is 0 Å². The van der Waals surface area contributed by atoms with Crippen molar-refractivity contribution in [2.24, 2.45) is 5.92 Å². The summed E-state index contributed by atoms with van der Waals surface area (Å²) in [6.45, 7) is 4.25. The van der Waals surface area contributed by atoms with Crippen molar-refractivity contribution in [3.05, 3.63) is 47.0 Å². The van der Waals surface area contributed by atoms with Crippen LogP contribution in [-0.4, -0.2) is 0 Å². The van der Waals surface area contributed by atoms with Crippen LogP contribution in [0.5, 0.6) is 0 Å². The van der Waals surface area contributed by atoms with E-state index in [1.807, 2.05) is 30.3 Å². The SMILES string of the molecule is CC(C)C(Cl)c1ccc(Cl)c2ccccc12. The third kappa shape index (κ3) is 2.05. The zero-order valence-corrected chi connectivity index (χ0v) is 10.9. The van der Waals surface area contributed by atoms with Crippen LogP contribution in [0.3, 0.4) is 0 Å². The lowest BCUT2D eigenvalue weighted by Gasteiger charge is -2.16. The molecule has 0 saturated carbocycles. The fraction of sp³-hybridized carbons (Fsp3) is 0.286. The Morgan fingerprint density at radius 1 is 0.938 bits per heavy atom. The maximum absolute atomic E-state index is 6.43. The first-order valence-corrected chi connectivity index (χ1v) is 6.24. The average Bonchev–Trinajstić information content (AvgIpc) is 2.29. The van der Waals surface area contributed by atoms with Gasteiger partial charge in [-0.3, -0.25) is 0 Å². The average molecular weight is 253 g/mol. The summed E-state index contributed by atoms with van der Waals surface area (Å²) in [5.74, 6) is 0.409. The van der Waals surface area contributed by atoms with E-state index >= 15 is 0 Å². The van der Waals surface area contributed by atoms with Crippen LogP contribution in [0, 0.1) is 5.92 Å². The van der Waals surface area contributed by atoms with Crippen LogP contribution in [0.2, 0.25) is 5.02 Å². The zero-order valence-electron chi connectivity index (χ0n) is 9.37. The summed E-state index contributed by atoms with van der Waals surface area (Å²) in [5.41, 5.74) is 1.16. The summed E-state index contributed by atoms with van der Waals surface area (Å²) >= 11 is 12.6. The van der Waals surface area contributed by atoms with Gasteiger partial charge in [0.15, 0.2) is 0 Å². The van der Waals surface area contributed by atoms with Gasteiger partial charge in [0, 0.05) is 10.4 Å². The molecule has 2 aromatic rings. The van der Waals surface area contributed by atoms with E-state index in [4.69, 9.17) is 23.2 Å². The standard InChI is InChI=1S/C14H14Cl2/c1-9(2)14(16)12-7-8-13(15)11-6-4-3-5-10(11)12/h3-9,14H,1-2H3. The van der Waals surface area contributed by atoms with Crippen LogP contribution < -0.4 is 0 Å². The van der Waals surface area contributed by atoms with Gasteiger partial charge in [-0.1, -0.05) is 55.8 Å². The van der Waals surface area contributed by atoms with Crippen LogP contribution in [0.1, 0.15) is 24.8 Å². The Kier molecular flexibility index (Phi) is 3.41. The van der Waals surface area contributed by atoms with Crippen LogP contribution >= 0.6 is 23.2 Å². The van der Waals surface area contributed by atoms with Crippen molar-refractivity contribution >= 4 is 34.0 Å². The van der Waals surface area contributed by atoms with Gasteiger partial charge >= 0.3 is 0 Å². The summed E-state index contributed by atoms with van der Waals surface area (Å²) < 4.78 is 0. The summed E-state index contributed by atoms with van der Waals surface area (Å²) in [7, 11) is 0. The fourth-order valence-corrected chi connectivity index (χ4v) is 2.30. The van der Waals surface area contributed by atoms with Gasteiger partial charge in [-0.05, 0) is 22.9 Å². The molecule has 0 radical (unpaired) electrons. The van der Waals surface area contributed by atoms with Gasteiger partial charge in [0.1, 0.15) is 0 Å². The fourth-order valence-electron chi connectivity index (χ4n) is 1.89. The Morgan fingerprint density at radius 3 is 2.19 bits per heavy atom. The topological polar surface area (TPSA) is 0 Å². The normalized spacial score (nSPS) is 13.3. The summed E-state index contributed by atoms with van der Waals surface area (Å²) in [4.78, 5) is 0. The van der Waals surface area contributed by atoms with Gasteiger partial charge < -0.3 is 0 Å². The molecule has 0 bridgehead atoms. The summed E-state index contributed by atoms with van der Waals surface area (Å²) in [5, 5.41) is 3.05. The number of alkyl halides is 1. The Bertz CT molecular complexity index is 503. The molecule has 0 fully saturated rings. The van der Waals surface area contributed by atoms with E-state index in [0.717, 1.165) is 21.4 Å². The van der Waals surface area contributed by atoms with Crippen LogP contribution in [0.15, 0.2) is 36.4 Å². The molecule has 0 N–H and O–H groups in total. The molecule has 0 aliphatic carbocycles. The van der Waals surface area contributed by atoms with Gasteiger partial charge in [0.2, 0.25) is 0 Å². The lowest BCUT2D eigenvalue weighted by atomic mass is 9.96. The van der Waals surface area contributed by atoms with E-state index in [0.29, 0.717) is 5.92 Å². The second-order valence-corrected chi connectivity index (χ2v) is 5.21. The molecule has 1 unspecified atom stereocenters. The monoisotopic (exact) mass is 252 g/mol. The van der Waals surface area contributed by atoms with Crippen molar-refractivity contribution in [1.29, 1.82) is 0 Å². The van der Waals surface area contributed by atoms with Crippen molar-refractivity contribution in [3.63, 3.8) is 0 Å². The quantitative estimate of drug-likeness (QED) is 0.626. The predicted octanol–water partition coefficient (Wildman–Crippen LogP) is 5.43. The molecule has 0 amide bonds. The van der Waals surface area contributed by atoms with E-state index in [9.17, 15) is 0 Å². The van der Waals surface area contributed by atoms with Gasteiger partial charge in [0.25, 0.3) is 0 Å². The predicted molar refractivity (Wildman–Crippen MR) is 72.4 cm³/mol. The van der Waals surface area contributed by atoms with E-state index in [-0.39, 0.29) is 5.38 Å². The van der Waals surface area contributed by atoms with Crippen LogP contribution in [0.25, 0.3) is 10.8 Å². The summed E-state index contributed by atoms with van der Waals surface area (Å²) in [6.07, 6.45) is 0. The number of halogens is 2. The molecule has 2 aromatic carbocycles. The Labute approximate surface area is 106 Å². The zero-order chi connectivity index (χ0) is 11.7. The number of benzene rings is 2. The minimum atomic E-state index is 0.0298. The van der Waals surface area contributed by atoms with Gasteiger partial charge in [-0.25, -0.2) is 0 Å². The largest absolute Gasteiger partial charge is 0.118 e. The third-order valence-electron chi connectivity index (χ3n) is 2.79. The Morgan fingerprint density at radius 2 is 1.56 bits per heavy atom. The van der Waals surface area contributed by atoms with Crippen molar-refractivity contribution in [3.8, 4) is 0 Å². The van der Waals surface area contributed by atoms with Gasteiger partial charge in [-0.15, -0.1) is 11.6 Å². The first kappa shape index (κ1) is 11.8. The first-order valence-electron chi connectivity index (χ1n) is 5.42. The van der Waals surface area contributed by atoms with Gasteiger partial charge in [-0.2, -0.15) is 0 Å². The highest BCUT2D eigenvalue weighted by Gasteiger charge is 2.15. The van der Waals surface area contributed by atoms with Gasteiger partial charge in [0.05, 0.1) is 5.38 Å². The number of hydrogen-bond donors (Lipinski definition) is 0. The smallest absolute Gasteiger partial charge is 0.0614 e. The molecule has 2 rings (SSSR count). The molecule has 0 aliphatic heterocycles. The maximum atomic E-state index is 6.43. The number of rotatable bonds is 2. The maximum Gasteiger partial charge on any atom is 0.0614 e. The summed E-state index contributed by atoms with van der Waals surface area (Å²) in [6, 6.07) is 12.1. The van der Waals surface area contributed by atoms with Crippen molar-refractivity contribution < 1.29 is 0 Å². The second-order valence-electron chi connectivity index (χ2n) is 4.33. The van der Waals surface area contributed by atoms with E-state index in [1.165, 1.54) is 0 Å². The van der Waals surface area contributed by atoms with Crippen molar-refractivity contribution in [1.82, 2.24) is 0 Å². The Balaban J connectivity index is 2.67. The molecule has 0 spiro atoms. The minimum Gasteiger partial charge on any atom is -0.118 e. The van der Waals surface area contributed by atoms with Crippen LogP contribution in [-0.2, 0) is 0 Å². The highest BCUT2D eigenvalue weighted by atomic mass is 35.5. The lowest BCUT2D eigenvalue weighted by molar-refractivity contribution is 0.627. The molecule has 2 heteroatoms. The number of hydrogen-bond acceptors (Lipinski definition) is 0. The van der Waals surface area contributed by atoms with Crippen molar-refractivity contribution in [2.75, 3.05) is 0 Å². The Hall–Kier alpha value is -0.720. The molecule has 16 heavy (non-hydrogen) atoms. The molecule has 0 nitrogen and oxygen atoms in total. The van der Waals surface area contributed by atoms with Crippen molar-refractivity contribution in [2.45, 2.75) is 19.2 Å². The van der Waals surface area contributed by atoms with E-state index in [1.54, 1.807) is 0 Å². The molecule has 0 aliphatic rings. The highest BCUT2D eigenvalue weighted by molar-refractivity contribution is 6.35. The lowest BCUT2D eigenvalue weighted by Crippen LogP contribution is -2.00. The molecular formula is C14H14Cl2. The van der Waals surface area contributed by atoms with E-state index in [2.05, 4.69) is 19.9 Å². The number of fused-ring (bicyclic) bond motifs is 1. The molecule has 0 heterocycles. The highest BCUT2D eigenvalue weighted by Crippen LogP contribution is 2.36. The molecule has 84 valence electrons. The van der Waals surface area contributed by atoms with Crippen LogP contribution in [0.4, 0.5) is 0 Å². The molecule has 0 aromatic heterocycles. The molecule has 0 saturated heterocycles. The third-order valence-corrected chi connectivity index (χ3v) is 3.86. The second kappa shape index (κ2) is 4.65. The minimum absolute atomic E-state index is 0.0298. The molecule has 1 atom stereocenters. The first-order chi connectivity index (χ1) is 7.61.